The Labute approximate surface area is 234 Å². The summed E-state index contributed by atoms with van der Waals surface area (Å²) in [4.78, 5) is 33.6. The van der Waals surface area contributed by atoms with Crippen LogP contribution in [0.1, 0.15) is 99.8 Å². The number of hydrogen-bond acceptors (Lipinski definition) is 3. The monoisotopic (exact) mass is 533 g/mol. The topological polar surface area (TPSA) is 74.0 Å². The summed E-state index contributed by atoms with van der Waals surface area (Å²) in [6.07, 6.45) is 9.36. The van der Waals surface area contributed by atoms with Crippen molar-refractivity contribution in [2.45, 2.75) is 105 Å². The molecule has 6 rings (SSSR count). The molecule has 0 bridgehead atoms. The number of fused-ring (bicyclic) bond motifs is 7. The lowest BCUT2D eigenvalue weighted by Crippen LogP contribution is -2.70. The van der Waals surface area contributed by atoms with Crippen molar-refractivity contribution >= 4 is 11.8 Å². The Morgan fingerprint density at radius 1 is 1.03 bits per heavy atom. The molecule has 212 valence electrons. The number of nitrogens with zero attached hydrogens (tertiary/aromatic N) is 2. The first kappa shape index (κ1) is 26.9. The number of rotatable bonds is 1. The molecular formula is C33H47N3O3. The largest absolute Gasteiger partial charge is 0.523 e. The van der Waals surface area contributed by atoms with E-state index in [0.29, 0.717) is 18.7 Å². The van der Waals surface area contributed by atoms with E-state index in [1.165, 1.54) is 5.57 Å². The Morgan fingerprint density at radius 3 is 2.36 bits per heavy atom. The number of urea groups is 1. The summed E-state index contributed by atoms with van der Waals surface area (Å²) in [5, 5.41) is 14.1. The van der Waals surface area contributed by atoms with E-state index in [9.17, 15) is 14.7 Å². The van der Waals surface area contributed by atoms with Gasteiger partial charge in [-0.15, -0.1) is 0 Å². The van der Waals surface area contributed by atoms with Gasteiger partial charge >= 0.3 is 6.03 Å². The molecule has 0 spiro atoms. The fourth-order valence-electron chi connectivity index (χ4n) is 11.2. The first-order valence-electron chi connectivity index (χ1n) is 15.2. The van der Waals surface area contributed by atoms with Gasteiger partial charge in [-0.05, 0) is 90.9 Å². The van der Waals surface area contributed by atoms with Crippen LogP contribution in [0.2, 0.25) is 0 Å². The molecule has 2 amide bonds. The second kappa shape index (κ2) is 7.92. The Kier molecular flexibility index (Phi) is 5.46. The van der Waals surface area contributed by atoms with Crippen LogP contribution in [0.15, 0.2) is 23.1 Å². The number of hydrogen-bond donors (Lipinski definition) is 2. The second-order valence-electron chi connectivity index (χ2n) is 16.0. The van der Waals surface area contributed by atoms with Crippen molar-refractivity contribution in [3.05, 3.63) is 34.5 Å². The summed E-state index contributed by atoms with van der Waals surface area (Å²) in [5.41, 5.74) is 0.322. The van der Waals surface area contributed by atoms with Crippen molar-refractivity contribution in [3.63, 3.8) is 0 Å². The number of aliphatic hydroxyl groups is 1. The smallest absolute Gasteiger partial charge is 0.317 e. The minimum absolute atomic E-state index is 0.0461. The molecule has 6 aliphatic rings. The predicted molar refractivity (Wildman–Crippen MR) is 151 cm³/mol. The molecule has 1 saturated heterocycles. The maximum Gasteiger partial charge on any atom is 0.317 e. The molecule has 3 saturated carbocycles. The van der Waals surface area contributed by atoms with Gasteiger partial charge in [-0.2, -0.15) is 0 Å². The van der Waals surface area contributed by atoms with Gasteiger partial charge < -0.3 is 15.3 Å². The standard InChI is InChI=1S/C33H47N3O3/c1-28(2)11-13-33(36-16-15-35-27(36)39)14-12-32(7)25(20(33)18-28)22(37)17-24-30(5)19-21(34-8)26(38)29(3,4)23(30)9-10-31(24,32)6/h17,20,23,25,38H,9-16,18-19H2,1-7H3,(H,35,39)/t20-,23-,25-,30-,31+,32+,33-/m0/s1. The molecule has 0 unspecified atom stereocenters. The SMILES string of the molecule is [C-]#[N+]C1=C(O)C(C)(C)[C@@H]2CC[C@]3(C)C(=CC(=O)[C@@H]4[C@@H]5CC(C)(C)CC[C@]5(N5CCNC5=O)CC[C@]43C)[C@@]2(C)C1. The molecule has 7 atom stereocenters. The molecule has 4 fully saturated rings. The van der Waals surface area contributed by atoms with Crippen molar-refractivity contribution < 1.29 is 14.7 Å². The van der Waals surface area contributed by atoms with Crippen molar-refractivity contribution in [2.75, 3.05) is 13.1 Å². The first-order valence-corrected chi connectivity index (χ1v) is 15.2. The Morgan fingerprint density at radius 2 is 1.72 bits per heavy atom. The maximum atomic E-state index is 14.6. The van der Waals surface area contributed by atoms with Crippen molar-refractivity contribution in [2.24, 2.45) is 44.8 Å². The van der Waals surface area contributed by atoms with Gasteiger partial charge in [0.05, 0.1) is 6.57 Å². The second-order valence-corrected chi connectivity index (χ2v) is 16.0. The Balaban J connectivity index is 1.50. The lowest BCUT2D eigenvalue weighted by atomic mass is 9.35. The first-order chi connectivity index (χ1) is 18.1. The number of carbonyl (C=O) groups is 2. The number of carbonyl (C=O) groups excluding carboxylic acids is 2. The van der Waals surface area contributed by atoms with Gasteiger partial charge in [0.15, 0.2) is 5.78 Å². The molecule has 0 aromatic heterocycles. The summed E-state index contributed by atoms with van der Waals surface area (Å²) < 4.78 is 0. The van der Waals surface area contributed by atoms with E-state index in [-0.39, 0.29) is 62.5 Å². The number of amides is 2. The van der Waals surface area contributed by atoms with Crippen LogP contribution in [0, 0.1) is 51.4 Å². The van der Waals surface area contributed by atoms with E-state index in [1.807, 2.05) is 6.08 Å². The highest BCUT2D eigenvalue weighted by atomic mass is 16.3. The van der Waals surface area contributed by atoms with E-state index in [0.717, 1.165) is 51.5 Å². The van der Waals surface area contributed by atoms with Crippen LogP contribution in [0.3, 0.4) is 0 Å². The lowest BCUT2D eigenvalue weighted by molar-refractivity contribution is -0.172. The van der Waals surface area contributed by atoms with Gasteiger partial charge in [0, 0.05) is 30.0 Å². The van der Waals surface area contributed by atoms with Gasteiger partial charge in [-0.3, -0.25) is 4.79 Å². The average molecular weight is 534 g/mol. The minimum Gasteiger partial charge on any atom is -0.523 e. The fourth-order valence-corrected chi connectivity index (χ4v) is 11.2. The van der Waals surface area contributed by atoms with E-state index in [1.54, 1.807) is 0 Å². The molecule has 1 heterocycles. The summed E-state index contributed by atoms with van der Waals surface area (Å²) in [5.74, 6) is 0.675. The zero-order valence-electron chi connectivity index (χ0n) is 25.0. The molecule has 0 aromatic carbocycles. The summed E-state index contributed by atoms with van der Waals surface area (Å²) in [6.45, 7) is 25.2. The van der Waals surface area contributed by atoms with E-state index < -0.39 is 5.41 Å². The third-order valence-electron chi connectivity index (χ3n) is 13.4. The van der Waals surface area contributed by atoms with Crippen LogP contribution in [-0.2, 0) is 4.79 Å². The van der Waals surface area contributed by atoms with Gasteiger partial charge in [0.2, 0.25) is 5.70 Å². The molecule has 0 radical (unpaired) electrons. The highest BCUT2D eigenvalue weighted by Gasteiger charge is 2.71. The highest BCUT2D eigenvalue weighted by Crippen LogP contribution is 2.74. The Bertz CT molecular complexity index is 1250. The fraction of sp³-hybridized carbons (Fsp3) is 0.788. The molecule has 0 aromatic rings. The number of aliphatic hydroxyl groups excluding tert-OH is 1. The minimum atomic E-state index is -0.506. The molecule has 6 heteroatoms. The highest BCUT2D eigenvalue weighted by molar-refractivity contribution is 5.95. The molecule has 2 N–H and O–H groups in total. The summed E-state index contributed by atoms with van der Waals surface area (Å²) in [6, 6.07) is 0.0461. The summed E-state index contributed by atoms with van der Waals surface area (Å²) in [7, 11) is 0. The third kappa shape index (κ3) is 3.19. The van der Waals surface area contributed by atoms with Crippen molar-refractivity contribution in [3.8, 4) is 0 Å². The molecule has 1 aliphatic heterocycles. The van der Waals surface area contributed by atoms with Crippen LogP contribution in [-0.4, -0.2) is 40.4 Å². The molecule has 5 aliphatic carbocycles. The normalized spacial score (nSPS) is 46.3. The molecule has 6 nitrogen and oxygen atoms in total. The predicted octanol–water partition coefficient (Wildman–Crippen LogP) is 7.04. The van der Waals surface area contributed by atoms with Crippen molar-refractivity contribution in [1.82, 2.24) is 10.2 Å². The molecular weight excluding hydrogens is 486 g/mol. The van der Waals surface area contributed by atoms with Crippen LogP contribution >= 0.6 is 0 Å². The van der Waals surface area contributed by atoms with Crippen LogP contribution in [0.5, 0.6) is 0 Å². The van der Waals surface area contributed by atoms with E-state index in [2.05, 4.69) is 63.5 Å². The average Bonchev–Trinajstić information content (AvgIpc) is 3.29. The maximum absolute atomic E-state index is 14.6. The van der Waals surface area contributed by atoms with Gasteiger partial charge in [0.1, 0.15) is 5.76 Å². The Hall–Kier alpha value is -2.29. The third-order valence-corrected chi connectivity index (χ3v) is 13.4. The quantitative estimate of drug-likeness (QED) is 0.355. The van der Waals surface area contributed by atoms with E-state index in [4.69, 9.17) is 6.57 Å². The zero-order valence-corrected chi connectivity index (χ0v) is 25.0. The van der Waals surface area contributed by atoms with Gasteiger partial charge in [-0.25, -0.2) is 9.64 Å². The van der Waals surface area contributed by atoms with Crippen molar-refractivity contribution in [1.29, 1.82) is 0 Å². The van der Waals surface area contributed by atoms with Crippen LogP contribution in [0.25, 0.3) is 4.85 Å². The number of allylic oxidation sites excluding steroid dienone is 4. The number of nitrogens with one attached hydrogen (secondary N) is 1. The zero-order chi connectivity index (χ0) is 28.4. The van der Waals surface area contributed by atoms with Gasteiger partial charge in [-0.1, -0.05) is 54.0 Å². The van der Waals surface area contributed by atoms with Crippen LogP contribution < -0.4 is 5.32 Å². The van der Waals surface area contributed by atoms with Gasteiger partial charge in [0.25, 0.3) is 0 Å². The number of ketones is 1. The van der Waals surface area contributed by atoms with Crippen LogP contribution in [0.4, 0.5) is 4.79 Å². The molecule has 39 heavy (non-hydrogen) atoms. The summed E-state index contributed by atoms with van der Waals surface area (Å²) >= 11 is 0. The van der Waals surface area contributed by atoms with E-state index >= 15 is 0 Å². The lowest BCUT2D eigenvalue weighted by Gasteiger charge is -2.70.